The van der Waals surface area contributed by atoms with Gasteiger partial charge in [0.15, 0.2) is 21.3 Å². The van der Waals surface area contributed by atoms with Crippen LogP contribution in [0.15, 0.2) is 47.4 Å². The minimum absolute atomic E-state index is 0.102. The molecule has 0 aromatic heterocycles. The number of benzene rings is 2. The predicted octanol–water partition coefficient (Wildman–Crippen LogP) is 2.46. The molecule has 6 nitrogen and oxygen atoms in total. The average molecular weight is 366 g/mol. The van der Waals surface area contributed by atoms with E-state index in [0.29, 0.717) is 11.3 Å². The molecule has 0 saturated carbocycles. The molecule has 0 N–H and O–H groups in total. The van der Waals surface area contributed by atoms with Crippen LogP contribution in [0.4, 0.5) is 4.39 Å². The van der Waals surface area contributed by atoms with Crippen molar-refractivity contribution >= 4 is 15.8 Å². The van der Waals surface area contributed by atoms with E-state index in [9.17, 15) is 17.6 Å². The molecular weight excluding hydrogens is 351 g/mol. The molecule has 1 atom stereocenters. The van der Waals surface area contributed by atoms with Crippen molar-refractivity contribution in [2.24, 2.45) is 0 Å². The van der Waals surface area contributed by atoms with Gasteiger partial charge in [-0.15, -0.1) is 0 Å². The van der Waals surface area contributed by atoms with E-state index < -0.39 is 27.9 Å². The Morgan fingerprint density at radius 3 is 2.64 bits per heavy atom. The number of fused-ring (bicyclic) bond motifs is 1. The number of ether oxygens (including phenoxy) is 3. The topological polar surface area (TPSA) is 78.9 Å². The molecule has 0 amide bonds. The second-order valence-corrected chi connectivity index (χ2v) is 7.31. The van der Waals surface area contributed by atoms with E-state index in [2.05, 4.69) is 0 Å². The number of sulfone groups is 1. The molecule has 1 aliphatic heterocycles. The van der Waals surface area contributed by atoms with Gasteiger partial charge >= 0.3 is 12.3 Å². The first-order valence-corrected chi connectivity index (χ1v) is 9.15. The van der Waals surface area contributed by atoms with Crippen LogP contribution in [0.1, 0.15) is 12.5 Å². The number of rotatable bonds is 5. The SMILES string of the molecule is CCOC(=O)C1Oc2ccc(CS(=O)(=O)c3cccc(F)c3)cc2O1. The number of esters is 1. The van der Waals surface area contributed by atoms with Crippen molar-refractivity contribution in [2.75, 3.05) is 6.61 Å². The maximum Gasteiger partial charge on any atom is 0.389 e. The smallest absolute Gasteiger partial charge is 0.389 e. The number of halogens is 1. The molecule has 0 bridgehead atoms. The third-order valence-electron chi connectivity index (χ3n) is 3.47. The Kier molecular flexibility index (Phi) is 4.63. The molecule has 1 aliphatic rings. The summed E-state index contributed by atoms with van der Waals surface area (Å²) in [6, 6.07) is 9.37. The Hall–Kier alpha value is -2.61. The second-order valence-electron chi connectivity index (χ2n) is 5.32. The zero-order chi connectivity index (χ0) is 18.0. The summed E-state index contributed by atoms with van der Waals surface area (Å²) in [5.74, 6) is -1.04. The van der Waals surface area contributed by atoms with Crippen molar-refractivity contribution in [3.8, 4) is 11.5 Å². The highest BCUT2D eigenvalue weighted by atomic mass is 32.2. The fourth-order valence-corrected chi connectivity index (χ4v) is 3.72. The van der Waals surface area contributed by atoms with Crippen LogP contribution in [-0.4, -0.2) is 27.3 Å². The summed E-state index contributed by atoms with van der Waals surface area (Å²) in [7, 11) is -3.72. The molecule has 0 spiro atoms. The largest absolute Gasteiger partial charge is 0.460 e. The molecule has 3 rings (SSSR count). The van der Waals surface area contributed by atoms with Crippen LogP contribution in [0.3, 0.4) is 0 Å². The van der Waals surface area contributed by atoms with Crippen LogP contribution in [0.5, 0.6) is 11.5 Å². The first-order valence-electron chi connectivity index (χ1n) is 7.50. The van der Waals surface area contributed by atoms with Crippen molar-refractivity contribution in [1.29, 1.82) is 0 Å². The van der Waals surface area contributed by atoms with Crippen molar-refractivity contribution in [1.82, 2.24) is 0 Å². The van der Waals surface area contributed by atoms with E-state index >= 15 is 0 Å². The van der Waals surface area contributed by atoms with Gasteiger partial charge in [-0.3, -0.25) is 0 Å². The van der Waals surface area contributed by atoms with Gasteiger partial charge in [0.1, 0.15) is 5.82 Å². The lowest BCUT2D eigenvalue weighted by Crippen LogP contribution is -2.30. The summed E-state index contributed by atoms with van der Waals surface area (Å²) in [4.78, 5) is 11.5. The van der Waals surface area contributed by atoms with Gasteiger partial charge in [-0.25, -0.2) is 17.6 Å². The van der Waals surface area contributed by atoms with Gasteiger partial charge in [0.05, 0.1) is 17.3 Å². The molecule has 2 aromatic carbocycles. The summed E-state index contributed by atoms with van der Waals surface area (Å²) in [5, 5.41) is 0. The standard InChI is InChI=1S/C17H15FO6S/c1-2-22-16(19)17-23-14-7-6-11(8-15(14)24-17)10-25(20,21)13-5-3-4-12(18)9-13/h3-9,17H,2,10H2,1H3. The van der Waals surface area contributed by atoms with Crippen LogP contribution in [0.25, 0.3) is 0 Å². The number of hydrogen-bond acceptors (Lipinski definition) is 6. The lowest BCUT2D eigenvalue weighted by atomic mass is 10.2. The van der Waals surface area contributed by atoms with E-state index in [1.807, 2.05) is 0 Å². The lowest BCUT2D eigenvalue weighted by Gasteiger charge is -2.08. The Bertz CT molecular complexity index is 909. The highest BCUT2D eigenvalue weighted by molar-refractivity contribution is 7.90. The highest BCUT2D eigenvalue weighted by Gasteiger charge is 2.32. The fourth-order valence-electron chi connectivity index (χ4n) is 2.36. The van der Waals surface area contributed by atoms with Gasteiger partial charge in [0.2, 0.25) is 0 Å². The Morgan fingerprint density at radius 1 is 1.16 bits per heavy atom. The van der Waals surface area contributed by atoms with E-state index in [4.69, 9.17) is 14.2 Å². The third-order valence-corrected chi connectivity index (χ3v) is 5.15. The molecule has 1 unspecified atom stereocenters. The van der Waals surface area contributed by atoms with Crippen molar-refractivity contribution in [3.05, 3.63) is 53.8 Å². The quantitative estimate of drug-likeness (QED) is 0.757. The van der Waals surface area contributed by atoms with Crippen LogP contribution in [-0.2, 0) is 25.1 Å². The molecule has 2 aromatic rings. The van der Waals surface area contributed by atoms with Gasteiger partial charge in [-0.2, -0.15) is 0 Å². The maximum atomic E-state index is 13.3. The van der Waals surface area contributed by atoms with E-state index in [1.165, 1.54) is 30.3 Å². The monoisotopic (exact) mass is 366 g/mol. The Balaban J connectivity index is 1.78. The fraction of sp³-hybridized carbons (Fsp3) is 0.235. The third kappa shape index (κ3) is 3.74. The van der Waals surface area contributed by atoms with Crippen LogP contribution < -0.4 is 9.47 Å². The maximum absolute atomic E-state index is 13.3. The van der Waals surface area contributed by atoms with Crippen molar-refractivity contribution in [2.45, 2.75) is 23.9 Å². The summed E-state index contributed by atoms with van der Waals surface area (Å²) in [5.41, 5.74) is 0.427. The van der Waals surface area contributed by atoms with E-state index in [1.54, 1.807) is 13.0 Å². The minimum Gasteiger partial charge on any atom is -0.460 e. The first-order chi connectivity index (χ1) is 11.9. The zero-order valence-corrected chi connectivity index (χ0v) is 14.1. The molecule has 25 heavy (non-hydrogen) atoms. The molecule has 0 fully saturated rings. The summed E-state index contributed by atoms with van der Waals surface area (Å²) in [6.45, 7) is 1.85. The normalized spacial score (nSPS) is 15.8. The van der Waals surface area contributed by atoms with Crippen LogP contribution in [0, 0.1) is 5.82 Å². The zero-order valence-electron chi connectivity index (χ0n) is 13.3. The molecule has 132 valence electrons. The number of carbonyl (C=O) groups excluding carboxylic acids is 1. The molecule has 1 heterocycles. The minimum atomic E-state index is -3.72. The molecule has 0 radical (unpaired) electrons. The summed E-state index contributed by atoms with van der Waals surface area (Å²) >= 11 is 0. The van der Waals surface area contributed by atoms with Crippen molar-refractivity contribution < 1.29 is 31.8 Å². The molecule has 0 saturated heterocycles. The number of carbonyl (C=O) groups is 1. The summed E-state index contributed by atoms with van der Waals surface area (Å²) in [6.07, 6.45) is -1.20. The van der Waals surface area contributed by atoms with Gasteiger partial charge < -0.3 is 14.2 Å². The van der Waals surface area contributed by atoms with E-state index in [-0.39, 0.29) is 23.0 Å². The number of hydrogen-bond donors (Lipinski definition) is 0. The Morgan fingerprint density at radius 2 is 1.92 bits per heavy atom. The van der Waals surface area contributed by atoms with Gasteiger partial charge in [-0.05, 0) is 42.8 Å². The van der Waals surface area contributed by atoms with Gasteiger partial charge in [-0.1, -0.05) is 12.1 Å². The summed E-state index contributed by atoms with van der Waals surface area (Å²) < 4.78 is 53.5. The van der Waals surface area contributed by atoms with Crippen LogP contribution in [0.2, 0.25) is 0 Å². The average Bonchev–Trinajstić information content (AvgIpc) is 2.98. The van der Waals surface area contributed by atoms with E-state index in [0.717, 1.165) is 6.07 Å². The predicted molar refractivity (Wildman–Crippen MR) is 85.4 cm³/mol. The van der Waals surface area contributed by atoms with Crippen LogP contribution >= 0.6 is 0 Å². The molecular formula is C17H15FO6S. The molecule has 8 heteroatoms. The van der Waals surface area contributed by atoms with Gasteiger partial charge in [0, 0.05) is 0 Å². The first kappa shape index (κ1) is 17.2. The van der Waals surface area contributed by atoms with Gasteiger partial charge in [0.25, 0.3) is 0 Å². The molecule has 0 aliphatic carbocycles. The second kappa shape index (κ2) is 6.72. The lowest BCUT2D eigenvalue weighted by molar-refractivity contribution is -0.161. The van der Waals surface area contributed by atoms with Crippen molar-refractivity contribution in [3.63, 3.8) is 0 Å². The highest BCUT2D eigenvalue weighted by Crippen LogP contribution is 2.36. The Labute approximate surface area is 144 Å².